The van der Waals surface area contributed by atoms with Gasteiger partial charge in [0.2, 0.25) is 0 Å². The first-order valence-electron chi connectivity index (χ1n) is 5.86. The number of hydrogen-bond acceptors (Lipinski definition) is 2. The van der Waals surface area contributed by atoms with Gasteiger partial charge in [-0.05, 0) is 25.6 Å². The average Bonchev–Trinajstić information content (AvgIpc) is 2.82. The van der Waals surface area contributed by atoms with Crippen LogP contribution >= 0.6 is 11.6 Å². The summed E-state index contributed by atoms with van der Waals surface area (Å²) < 4.78 is 13.8. The van der Waals surface area contributed by atoms with Crippen LogP contribution in [0, 0.1) is 5.82 Å². The van der Waals surface area contributed by atoms with Crippen LogP contribution in [0.2, 0.25) is 5.02 Å². The van der Waals surface area contributed by atoms with Crippen molar-refractivity contribution >= 4 is 11.6 Å². The van der Waals surface area contributed by atoms with E-state index in [1.807, 2.05) is 13.8 Å². The van der Waals surface area contributed by atoms with E-state index in [-0.39, 0.29) is 11.1 Å². The predicted molar refractivity (Wildman–Crippen MR) is 71.1 cm³/mol. The molecule has 1 heterocycles. The quantitative estimate of drug-likeness (QED) is 0.890. The molecule has 1 aromatic heterocycles. The lowest BCUT2D eigenvalue weighted by molar-refractivity contribution is 0.586. The van der Waals surface area contributed by atoms with Crippen molar-refractivity contribution in [1.82, 2.24) is 15.3 Å². The van der Waals surface area contributed by atoms with E-state index in [0.717, 1.165) is 12.2 Å². The fourth-order valence-electron chi connectivity index (χ4n) is 1.80. The molecule has 1 unspecified atom stereocenters. The Balaban J connectivity index is 2.32. The van der Waals surface area contributed by atoms with Gasteiger partial charge in [0.05, 0.1) is 22.5 Å². The van der Waals surface area contributed by atoms with Gasteiger partial charge in [-0.25, -0.2) is 9.37 Å². The fourth-order valence-corrected chi connectivity index (χ4v) is 1.97. The minimum Gasteiger partial charge on any atom is -0.340 e. The Morgan fingerprint density at radius 3 is 3.00 bits per heavy atom. The van der Waals surface area contributed by atoms with Gasteiger partial charge in [0.15, 0.2) is 5.82 Å². The third-order valence-electron chi connectivity index (χ3n) is 2.78. The lowest BCUT2D eigenvalue weighted by Gasteiger charge is -2.09. The maximum absolute atomic E-state index is 13.8. The second-order valence-electron chi connectivity index (χ2n) is 4.07. The van der Waals surface area contributed by atoms with Gasteiger partial charge in [-0.1, -0.05) is 24.6 Å². The zero-order valence-electron chi connectivity index (χ0n) is 10.3. The second kappa shape index (κ2) is 5.50. The van der Waals surface area contributed by atoms with E-state index in [2.05, 4.69) is 15.3 Å². The summed E-state index contributed by atoms with van der Waals surface area (Å²) >= 11 is 5.75. The molecule has 2 N–H and O–H groups in total. The average molecular weight is 268 g/mol. The van der Waals surface area contributed by atoms with Gasteiger partial charge in [0, 0.05) is 6.04 Å². The van der Waals surface area contributed by atoms with Crippen LogP contribution in [0.3, 0.4) is 0 Å². The number of aromatic nitrogens is 2. The van der Waals surface area contributed by atoms with Crippen molar-refractivity contribution in [2.75, 3.05) is 6.54 Å². The minimum atomic E-state index is -0.448. The predicted octanol–water partition coefficient (Wildman–Crippen LogP) is 3.54. The van der Waals surface area contributed by atoms with E-state index in [9.17, 15) is 4.39 Å². The number of benzene rings is 1. The van der Waals surface area contributed by atoms with Crippen molar-refractivity contribution in [3.63, 3.8) is 0 Å². The molecule has 0 saturated carbocycles. The number of aromatic amines is 1. The van der Waals surface area contributed by atoms with Crippen molar-refractivity contribution in [2.24, 2.45) is 0 Å². The molecule has 2 aromatic rings. The normalized spacial score (nSPS) is 12.7. The van der Waals surface area contributed by atoms with Crippen molar-refractivity contribution in [3.8, 4) is 11.4 Å². The Morgan fingerprint density at radius 1 is 1.50 bits per heavy atom. The molecule has 96 valence electrons. The van der Waals surface area contributed by atoms with Gasteiger partial charge >= 0.3 is 0 Å². The molecule has 0 bridgehead atoms. The maximum Gasteiger partial charge on any atom is 0.152 e. The van der Waals surface area contributed by atoms with Crippen molar-refractivity contribution in [2.45, 2.75) is 19.9 Å². The summed E-state index contributed by atoms with van der Waals surface area (Å²) in [5.74, 6) is 0.0472. The topological polar surface area (TPSA) is 40.7 Å². The first-order chi connectivity index (χ1) is 8.63. The van der Waals surface area contributed by atoms with Crippen molar-refractivity contribution < 1.29 is 4.39 Å². The lowest BCUT2D eigenvalue weighted by atomic mass is 10.2. The number of hydrogen-bond donors (Lipinski definition) is 2. The molecule has 1 atom stereocenters. The molecule has 0 fully saturated rings. The van der Waals surface area contributed by atoms with Crippen LogP contribution in [-0.2, 0) is 0 Å². The first-order valence-corrected chi connectivity index (χ1v) is 6.24. The molecule has 2 rings (SSSR count). The molecule has 3 nitrogen and oxygen atoms in total. The summed E-state index contributed by atoms with van der Waals surface area (Å²) in [5.41, 5.74) is 1.31. The van der Waals surface area contributed by atoms with Gasteiger partial charge in [-0.2, -0.15) is 0 Å². The Bertz CT molecular complexity index is 539. The fraction of sp³-hybridized carbons (Fsp3) is 0.308. The number of halogens is 2. The van der Waals surface area contributed by atoms with Crippen molar-refractivity contribution in [1.29, 1.82) is 0 Å². The van der Waals surface area contributed by atoms with E-state index in [4.69, 9.17) is 11.6 Å². The van der Waals surface area contributed by atoms with E-state index < -0.39 is 5.82 Å². The highest BCUT2D eigenvalue weighted by molar-refractivity contribution is 6.31. The maximum atomic E-state index is 13.8. The molecule has 0 aliphatic rings. The Hall–Kier alpha value is -1.39. The number of nitrogens with one attached hydrogen (secondary N) is 2. The summed E-state index contributed by atoms with van der Waals surface area (Å²) in [7, 11) is 0. The third-order valence-corrected chi connectivity index (χ3v) is 3.07. The van der Waals surface area contributed by atoms with Crippen LogP contribution in [0.5, 0.6) is 0 Å². The molecule has 18 heavy (non-hydrogen) atoms. The van der Waals surface area contributed by atoms with E-state index in [1.54, 1.807) is 18.3 Å². The monoisotopic (exact) mass is 267 g/mol. The van der Waals surface area contributed by atoms with Gasteiger partial charge in [-0.3, -0.25) is 0 Å². The Kier molecular flexibility index (Phi) is 3.99. The van der Waals surface area contributed by atoms with Crippen LogP contribution in [0.25, 0.3) is 11.4 Å². The molecule has 0 aliphatic heterocycles. The molecule has 0 radical (unpaired) electrons. The van der Waals surface area contributed by atoms with Gasteiger partial charge in [-0.15, -0.1) is 0 Å². The van der Waals surface area contributed by atoms with E-state index in [1.165, 1.54) is 6.07 Å². The summed E-state index contributed by atoms with van der Waals surface area (Å²) in [6.45, 7) is 4.92. The van der Waals surface area contributed by atoms with Gasteiger partial charge < -0.3 is 10.3 Å². The van der Waals surface area contributed by atoms with Crippen LogP contribution in [0.1, 0.15) is 25.6 Å². The largest absolute Gasteiger partial charge is 0.340 e. The number of nitrogens with zero attached hydrogens (tertiary/aromatic N) is 1. The Morgan fingerprint density at radius 2 is 2.28 bits per heavy atom. The van der Waals surface area contributed by atoms with Crippen LogP contribution in [-0.4, -0.2) is 16.5 Å². The van der Waals surface area contributed by atoms with Crippen LogP contribution in [0.4, 0.5) is 4.39 Å². The van der Waals surface area contributed by atoms with E-state index in [0.29, 0.717) is 11.4 Å². The Labute approximate surface area is 110 Å². The highest BCUT2D eigenvalue weighted by Crippen LogP contribution is 2.26. The second-order valence-corrected chi connectivity index (χ2v) is 4.48. The molecule has 0 saturated heterocycles. The van der Waals surface area contributed by atoms with Gasteiger partial charge in [0.25, 0.3) is 0 Å². The minimum absolute atomic E-state index is 0.102. The van der Waals surface area contributed by atoms with Crippen LogP contribution < -0.4 is 5.32 Å². The van der Waals surface area contributed by atoms with Crippen LogP contribution in [0.15, 0.2) is 24.4 Å². The van der Waals surface area contributed by atoms with Gasteiger partial charge in [0.1, 0.15) is 5.82 Å². The number of H-pyrrole nitrogens is 1. The van der Waals surface area contributed by atoms with E-state index >= 15 is 0 Å². The molecule has 0 spiro atoms. The summed E-state index contributed by atoms with van der Waals surface area (Å²) in [6.07, 6.45) is 1.71. The molecule has 1 aromatic carbocycles. The third kappa shape index (κ3) is 2.54. The standard InChI is InChI=1S/C13H15ClFN3/c1-3-16-8(2)11-7-17-13(18-11)9-5-4-6-10(14)12(9)15/h4-8,16H,3H2,1-2H3,(H,17,18). The molecule has 0 amide bonds. The van der Waals surface area contributed by atoms with Crippen molar-refractivity contribution in [3.05, 3.63) is 40.9 Å². The highest BCUT2D eigenvalue weighted by atomic mass is 35.5. The molecule has 5 heteroatoms. The molecule has 0 aliphatic carbocycles. The highest BCUT2D eigenvalue weighted by Gasteiger charge is 2.13. The summed E-state index contributed by atoms with van der Waals surface area (Å²) in [5, 5.41) is 3.36. The molecular weight excluding hydrogens is 253 g/mol. The zero-order chi connectivity index (χ0) is 13.1. The first kappa shape index (κ1) is 13.1. The number of rotatable bonds is 4. The molecular formula is C13H15ClFN3. The zero-order valence-corrected chi connectivity index (χ0v) is 11.1. The SMILES string of the molecule is CCNC(C)c1cnc(-c2cccc(Cl)c2F)[nH]1. The summed E-state index contributed by atoms with van der Waals surface area (Å²) in [6, 6.07) is 5.03. The smallest absolute Gasteiger partial charge is 0.152 e. The lowest BCUT2D eigenvalue weighted by Crippen LogP contribution is -2.17. The summed E-state index contributed by atoms with van der Waals surface area (Å²) in [4.78, 5) is 7.31. The number of imidazole rings is 1.